The Kier molecular flexibility index (Phi) is 3.93. The van der Waals surface area contributed by atoms with Crippen molar-refractivity contribution in [3.8, 4) is 5.75 Å². The second kappa shape index (κ2) is 5.03. The van der Waals surface area contributed by atoms with E-state index >= 15 is 0 Å². The molecule has 1 N–H and O–H groups in total. The second-order valence-corrected chi connectivity index (χ2v) is 4.44. The molecule has 0 heterocycles. The summed E-state index contributed by atoms with van der Waals surface area (Å²) < 4.78 is 23.5. The molecule has 1 aromatic carbocycles. The number of carbonyl (C=O) groups is 1. The fraction of sp³-hybridized carbons (Fsp3) is 0.417. The Morgan fingerprint density at radius 1 is 1.35 bits per heavy atom. The van der Waals surface area contributed by atoms with Gasteiger partial charge in [-0.3, -0.25) is 5.32 Å². The van der Waals surface area contributed by atoms with Gasteiger partial charge in [-0.2, -0.15) is 0 Å². The molecular formula is C12H16FNO3. The first-order chi connectivity index (χ1) is 7.83. The number of amides is 1. The number of ether oxygens (including phenoxy) is 2. The summed E-state index contributed by atoms with van der Waals surface area (Å²) in [4.78, 5) is 11.5. The van der Waals surface area contributed by atoms with E-state index in [4.69, 9.17) is 9.47 Å². The summed E-state index contributed by atoms with van der Waals surface area (Å²) in [7, 11) is 1.40. The maximum atomic E-state index is 13.5. The standard InChI is InChI=1S/C12H16FNO3/c1-12(2,3)17-11(15)14-10-8(13)6-5-7-9(10)16-4/h5-7H,1-4H3,(H,14,15). The van der Waals surface area contributed by atoms with Crippen LogP contribution in [0.15, 0.2) is 18.2 Å². The molecule has 0 fully saturated rings. The average Bonchev–Trinajstić information content (AvgIpc) is 2.18. The molecule has 0 aliphatic rings. The van der Waals surface area contributed by atoms with Crippen LogP contribution in [-0.4, -0.2) is 18.8 Å². The summed E-state index contributed by atoms with van der Waals surface area (Å²) >= 11 is 0. The highest BCUT2D eigenvalue weighted by atomic mass is 19.1. The first kappa shape index (κ1) is 13.3. The highest BCUT2D eigenvalue weighted by Gasteiger charge is 2.19. The summed E-state index contributed by atoms with van der Waals surface area (Å²) in [6.07, 6.45) is -0.721. The lowest BCUT2D eigenvalue weighted by atomic mass is 10.2. The Hall–Kier alpha value is -1.78. The Morgan fingerprint density at radius 3 is 2.53 bits per heavy atom. The van der Waals surface area contributed by atoms with Crippen LogP contribution in [0.2, 0.25) is 0 Å². The lowest BCUT2D eigenvalue weighted by Gasteiger charge is -2.20. The van der Waals surface area contributed by atoms with Crippen LogP contribution in [0.3, 0.4) is 0 Å². The van der Waals surface area contributed by atoms with Gasteiger partial charge in [0.05, 0.1) is 7.11 Å². The SMILES string of the molecule is COc1cccc(F)c1NC(=O)OC(C)(C)C. The molecule has 94 valence electrons. The largest absolute Gasteiger partial charge is 0.494 e. The summed E-state index contributed by atoms with van der Waals surface area (Å²) in [6.45, 7) is 5.18. The minimum atomic E-state index is -0.721. The summed E-state index contributed by atoms with van der Waals surface area (Å²) in [5.74, 6) is -0.328. The van der Waals surface area contributed by atoms with Gasteiger partial charge < -0.3 is 9.47 Å². The number of halogens is 1. The molecule has 0 spiro atoms. The molecule has 1 amide bonds. The Bertz CT molecular complexity index is 413. The number of benzene rings is 1. The van der Waals surface area contributed by atoms with Gasteiger partial charge in [0.25, 0.3) is 0 Å². The Balaban J connectivity index is 2.84. The lowest BCUT2D eigenvalue weighted by Crippen LogP contribution is -2.27. The first-order valence-corrected chi connectivity index (χ1v) is 5.16. The van der Waals surface area contributed by atoms with E-state index in [9.17, 15) is 9.18 Å². The number of hydrogen-bond acceptors (Lipinski definition) is 3. The van der Waals surface area contributed by atoms with E-state index in [1.807, 2.05) is 0 Å². The average molecular weight is 241 g/mol. The third-order valence-corrected chi connectivity index (χ3v) is 1.82. The predicted octanol–water partition coefficient (Wildman–Crippen LogP) is 3.18. The van der Waals surface area contributed by atoms with Crippen LogP contribution in [0.25, 0.3) is 0 Å². The van der Waals surface area contributed by atoms with Gasteiger partial charge in [0.1, 0.15) is 17.0 Å². The smallest absolute Gasteiger partial charge is 0.412 e. The maximum Gasteiger partial charge on any atom is 0.412 e. The topological polar surface area (TPSA) is 47.6 Å². The van der Waals surface area contributed by atoms with Gasteiger partial charge in [0.2, 0.25) is 0 Å². The quantitative estimate of drug-likeness (QED) is 0.865. The Morgan fingerprint density at radius 2 is 2.00 bits per heavy atom. The molecule has 1 rings (SSSR count). The van der Waals surface area contributed by atoms with Crippen LogP contribution in [0.5, 0.6) is 5.75 Å². The fourth-order valence-corrected chi connectivity index (χ4v) is 1.20. The van der Waals surface area contributed by atoms with E-state index in [1.165, 1.54) is 19.2 Å². The summed E-state index contributed by atoms with van der Waals surface area (Å²) in [6, 6.07) is 4.28. The normalized spacial score (nSPS) is 10.9. The molecule has 0 atom stereocenters. The van der Waals surface area contributed by atoms with Gasteiger partial charge >= 0.3 is 6.09 Å². The van der Waals surface area contributed by atoms with E-state index in [1.54, 1.807) is 26.8 Å². The van der Waals surface area contributed by atoms with Gasteiger partial charge in [-0.05, 0) is 32.9 Å². The van der Waals surface area contributed by atoms with Crippen molar-refractivity contribution in [1.82, 2.24) is 0 Å². The molecule has 0 aliphatic heterocycles. The van der Waals surface area contributed by atoms with E-state index in [-0.39, 0.29) is 11.4 Å². The number of anilines is 1. The molecular weight excluding hydrogens is 225 g/mol. The monoisotopic (exact) mass is 241 g/mol. The van der Waals surface area contributed by atoms with Crippen molar-refractivity contribution in [2.24, 2.45) is 0 Å². The van der Waals surface area contributed by atoms with Gasteiger partial charge in [-0.1, -0.05) is 6.07 Å². The third-order valence-electron chi connectivity index (χ3n) is 1.82. The minimum Gasteiger partial charge on any atom is -0.494 e. The van der Waals surface area contributed by atoms with E-state index in [2.05, 4.69) is 5.32 Å². The number of nitrogens with one attached hydrogen (secondary N) is 1. The van der Waals surface area contributed by atoms with Crippen molar-refractivity contribution >= 4 is 11.8 Å². The molecule has 0 unspecified atom stereocenters. The highest BCUT2D eigenvalue weighted by molar-refractivity contribution is 5.87. The van der Waals surface area contributed by atoms with Gasteiger partial charge in [-0.25, -0.2) is 9.18 Å². The minimum absolute atomic E-state index is 0.0238. The molecule has 0 aliphatic carbocycles. The molecule has 0 bridgehead atoms. The van der Waals surface area contributed by atoms with Gasteiger partial charge in [0.15, 0.2) is 5.82 Å². The second-order valence-electron chi connectivity index (χ2n) is 4.44. The molecule has 0 aromatic heterocycles. The molecule has 0 radical (unpaired) electrons. The van der Waals surface area contributed by atoms with Gasteiger partial charge in [0, 0.05) is 0 Å². The molecule has 4 nitrogen and oxygen atoms in total. The van der Waals surface area contributed by atoms with E-state index < -0.39 is 17.5 Å². The molecule has 1 aromatic rings. The van der Waals surface area contributed by atoms with Crippen LogP contribution in [0, 0.1) is 5.82 Å². The zero-order valence-electron chi connectivity index (χ0n) is 10.3. The van der Waals surface area contributed by atoms with Crippen LogP contribution >= 0.6 is 0 Å². The fourth-order valence-electron chi connectivity index (χ4n) is 1.20. The molecule has 17 heavy (non-hydrogen) atoms. The number of para-hydroxylation sites is 1. The zero-order chi connectivity index (χ0) is 13.1. The van der Waals surface area contributed by atoms with Crippen molar-refractivity contribution in [3.05, 3.63) is 24.0 Å². The van der Waals surface area contributed by atoms with Crippen molar-refractivity contribution in [2.75, 3.05) is 12.4 Å². The number of methoxy groups -OCH3 is 1. The van der Waals surface area contributed by atoms with E-state index in [0.29, 0.717) is 0 Å². The Labute approximate surface area is 99.7 Å². The number of carbonyl (C=O) groups excluding carboxylic acids is 1. The first-order valence-electron chi connectivity index (χ1n) is 5.16. The maximum absolute atomic E-state index is 13.5. The predicted molar refractivity (Wildman–Crippen MR) is 62.8 cm³/mol. The molecule has 0 saturated heterocycles. The van der Waals surface area contributed by atoms with Crippen LogP contribution in [-0.2, 0) is 4.74 Å². The molecule has 0 saturated carbocycles. The van der Waals surface area contributed by atoms with Crippen LogP contribution < -0.4 is 10.1 Å². The number of rotatable bonds is 2. The van der Waals surface area contributed by atoms with Crippen molar-refractivity contribution in [1.29, 1.82) is 0 Å². The number of hydrogen-bond donors (Lipinski definition) is 1. The van der Waals surface area contributed by atoms with E-state index in [0.717, 1.165) is 0 Å². The van der Waals surface area contributed by atoms with Gasteiger partial charge in [-0.15, -0.1) is 0 Å². The summed E-state index contributed by atoms with van der Waals surface area (Å²) in [5.41, 5.74) is -0.660. The van der Waals surface area contributed by atoms with Crippen molar-refractivity contribution < 1.29 is 18.7 Å². The molecule has 5 heteroatoms. The lowest BCUT2D eigenvalue weighted by molar-refractivity contribution is 0.0634. The highest BCUT2D eigenvalue weighted by Crippen LogP contribution is 2.27. The van der Waals surface area contributed by atoms with Crippen molar-refractivity contribution in [3.63, 3.8) is 0 Å². The third kappa shape index (κ3) is 3.94. The zero-order valence-corrected chi connectivity index (χ0v) is 10.3. The summed E-state index contributed by atoms with van der Waals surface area (Å²) in [5, 5.41) is 2.33. The van der Waals surface area contributed by atoms with Crippen LogP contribution in [0.1, 0.15) is 20.8 Å². The van der Waals surface area contributed by atoms with Crippen LogP contribution in [0.4, 0.5) is 14.9 Å². The van der Waals surface area contributed by atoms with Crippen molar-refractivity contribution in [2.45, 2.75) is 26.4 Å².